The van der Waals surface area contributed by atoms with Gasteiger partial charge in [-0.25, -0.2) is 8.78 Å². The molecule has 6 aromatic rings. The van der Waals surface area contributed by atoms with Crippen molar-refractivity contribution in [2.45, 2.75) is 65.1 Å². The molecule has 276 valence electrons. The summed E-state index contributed by atoms with van der Waals surface area (Å²) in [5.41, 5.74) is 6.55. The topological polar surface area (TPSA) is 55.4 Å². The molecule has 0 N–H and O–H groups in total. The second kappa shape index (κ2) is 18.1. The summed E-state index contributed by atoms with van der Waals surface area (Å²) in [7, 11) is 0. The fourth-order valence-electron chi connectivity index (χ4n) is 6.48. The van der Waals surface area contributed by atoms with Crippen molar-refractivity contribution < 1.29 is 37.2 Å². The monoisotopic (exact) mass is 728 g/mol. The molecule has 7 rings (SSSR count). The highest BCUT2D eigenvalue weighted by Gasteiger charge is 2.39. The van der Waals surface area contributed by atoms with Crippen molar-refractivity contribution in [2.75, 3.05) is 0 Å². The second-order valence-corrected chi connectivity index (χ2v) is 13.0. The van der Waals surface area contributed by atoms with E-state index in [1.165, 1.54) is 6.07 Å². The lowest BCUT2D eigenvalue weighted by Crippen LogP contribution is -2.28. The minimum atomic E-state index is -0.966. The molecule has 1 heterocycles. The van der Waals surface area contributed by atoms with Crippen LogP contribution in [0.2, 0.25) is 0 Å². The van der Waals surface area contributed by atoms with Crippen LogP contribution in [-0.2, 0) is 58.2 Å². The van der Waals surface area contributed by atoms with Crippen molar-refractivity contribution in [3.63, 3.8) is 0 Å². The largest absolute Gasteiger partial charge is 0.488 e. The van der Waals surface area contributed by atoms with E-state index in [0.29, 0.717) is 35.7 Å². The molecule has 8 heteroatoms. The Morgan fingerprint density at radius 1 is 0.500 bits per heavy atom. The molecule has 1 aliphatic rings. The van der Waals surface area contributed by atoms with E-state index in [4.69, 9.17) is 28.4 Å². The van der Waals surface area contributed by atoms with E-state index in [0.717, 1.165) is 39.4 Å². The van der Waals surface area contributed by atoms with E-state index in [-0.39, 0.29) is 26.2 Å². The van der Waals surface area contributed by atoms with Gasteiger partial charge in [-0.3, -0.25) is 0 Å². The molecule has 0 unspecified atom stereocenters. The third kappa shape index (κ3) is 9.40. The summed E-state index contributed by atoms with van der Waals surface area (Å²) in [6, 6.07) is 45.0. The minimum Gasteiger partial charge on any atom is -0.488 e. The first-order valence-electron chi connectivity index (χ1n) is 18.1. The maximum Gasteiger partial charge on any atom is 0.212 e. The van der Waals surface area contributed by atoms with Crippen molar-refractivity contribution in [1.29, 1.82) is 0 Å². The van der Waals surface area contributed by atoms with E-state index in [9.17, 15) is 8.78 Å². The van der Waals surface area contributed by atoms with Crippen LogP contribution < -0.4 is 9.47 Å². The van der Waals surface area contributed by atoms with E-state index < -0.39 is 30.5 Å². The van der Waals surface area contributed by atoms with Gasteiger partial charge in [-0.2, -0.15) is 0 Å². The van der Waals surface area contributed by atoms with Gasteiger partial charge in [0, 0.05) is 18.1 Å². The summed E-state index contributed by atoms with van der Waals surface area (Å²) in [6.07, 6.45) is -1.75. The normalized spacial score (nSPS) is 15.7. The van der Waals surface area contributed by atoms with Gasteiger partial charge in [-0.1, -0.05) is 134 Å². The van der Waals surface area contributed by atoms with Gasteiger partial charge in [0.15, 0.2) is 17.9 Å². The molecule has 0 aromatic heterocycles. The van der Waals surface area contributed by atoms with Gasteiger partial charge in [0.05, 0.1) is 13.2 Å². The van der Waals surface area contributed by atoms with Crippen LogP contribution in [0.3, 0.4) is 0 Å². The predicted octanol–water partition coefficient (Wildman–Crippen LogP) is 10.4. The molecule has 1 saturated heterocycles. The van der Waals surface area contributed by atoms with E-state index in [1.54, 1.807) is 6.07 Å². The zero-order valence-electron chi connectivity index (χ0n) is 30.0. The van der Waals surface area contributed by atoms with Gasteiger partial charge >= 0.3 is 0 Å². The zero-order chi connectivity index (χ0) is 37.1. The molecular formula is C46H42F2O6. The van der Waals surface area contributed by atoms with Gasteiger partial charge in [0.1, 0.15) is 24.7 Å². The summed E-state index contributed by atoms with van der Waals surface area (Å²) >= 11 is 0. The van der Waals surface area contributed by atoms with Crippen molar-refractivity contribution in [2.24, 2.45) is 0 Å². The van der Waals surface area contributed by atoms with Gasteiger partial charge < -0.3 is 28.4 Å². The van der Waals surface area contributed by atoms with Crippen LogP contribution in [0.4, 0.5) is 8.78 Å². The van der Waals surface area contributed by atoms with Gasteiger partial charge in [-0.15, -0.1) is 0 Å². The maximum atomic E-state index is 15.0. The summed E-state index contributed by atoms with van der Waals surface area (Å²) < 4.78 is 67.9. The first-order valence-corrected chi connectivity index (χ1v) is 18.1. The lowest BCUT2D eigenvalue weighted by atomic mass is 9.90. The van der Waals surface area contributed by atoms with Gasteiger partial charge in [0.2, 0.25) is 12.6 Å². The molecule has 0 saturated carbocycles. The Balaban J connectivity index is 1.26. The third-order valence-corrected chi connectivity index (χ3v) is 9.19. The number of ether oxygens (including phenoxy) is 6. The second-order valence-electron chi connectivity index (χ2n) is 13.0. The number of rotatable bonds is 16. The number of halogens is 2. The average Bonchev–Trinajstić information content (AvgIpc) is 3.61. The summed E-state index contributed by atoms with van der Waals surface area (Å²) in [5, 5.41) is 0. The minimum absolute atomic E-state index is 0.206. The Morgan fingerprint density at radius 2 is 0.963 bits per heavy atom. The van der Waals surface area contributed by atoms with Crippen molar-refractivity contribution >= 4 is 0 Å². The summed E-state index contributed by atoms with van der Waals surface area (Å²) in [6.45, 7) is 3.15. The first kappa shape index (κ1) is 37.0. The predicted molar refractivity (Wildman–Crippen MR) is 202 cm³/mol. The SMILES string of the molecule is CCc1c(OCc2ccccc2)cc(OCc2ccccc2)c(-c2ccc(F)c(F)c2)c1CC1O[C@H](OCc2ccccc2)[C@@H](OCc2ccccc2)O1. The highest BCUT2D eigenvalue weighted by atomic mass is 19.2. The van der Waals surface area contributed by atoms with Crippen LogP contribution in [0.1, 0.15) is 40.3 Å². The fourth-order valence-corrected chi connectivity index (χ4v) is 6.48. The van der Waals surface area contributed by atoms with E-state index in [2.05, 4.69) is 0 Å². The van der Waals surface area contributed by atoms with Crippen LogP contribution in [0.15, 0.2) is 146 Å². The van der Waals surface area contributed by atoms with Crippen molar-refractivity contribution in [1.82, 2.24) is 0 Å². The first-order chi connectivity index (χ1) is 26.5. The number of hydrogen-bond donors (Lipinski definition) is 0. The molecule has 0 radical (unpaired) electrons. The third-order valence-electron chi connectivity index (χ3n) is 9.19. The molecule has 1 fully saturated rings. The average molecular weight is 729 g/mol. The Bertz CT molecular complexity index is 2030. The van der Waals surface area contributed by atoms with Crippen LogP contribution >= 0.6 is 0 Å². The highest BCUT2D eigenvalue weighted by Crippen LogP contribution is 2.43. The van der Waals surface area contributed by atoms with Crippen LogP contribution in [0.25, 0.3) is 11.1 Å². The molecule has 0 bridgehead atoms. The molecule has 6 nitrogen and oxygen atoms in total. The molecule has 54 heavy (non-hydrogen) atoms. The quantitative estimate of drug-likeness (QED) is 0.0989. The molecule has 6 aromatic carbocycles. The molecule has 0 amide bonds. The van der Waals surface area contributed by atoms with Crippen molar-refractivity contribution in [3.8, 4) is 22.6 Å². The molecule has 2 atom stereocenters. The maximum absolute atomic E-state index is 15.0. The molecule has 0 spiro atoms. The van der Waals surface area contributed by atoms with E-state index >= 15 is 0 Å². The standard InChI is InChI=1S/C46H42F2O6/c1-2-37-38(26-43-53-45(51-30-34-19-11-5-12-20-34)46(54-43)52-31-35-21-13-6-14-22-35)44(36-23-24-39(47)40(48)25-36)42(50-29-33-17-9-4-10-18-33)27-41(37)49-28-32-15-7-3-8-16-32/h3-25,27,43,45-46H,2,26,28-31H2,1H3/t45-,46-/m0/s1. The zero-order valence-corrected chi connectivity index (χ0v) is 30.0. The lowest BCUT2D eigenvalue weighted by Gasteiger charge is -2.24. The highest BCUT2D eigenvalue weighted by molar-refractivity contribution is 5.77. The number of hydrogen-bond acceptors (Lipinski definition) is 6. The fraction of sp³-hybridized carbons (Fsp3) is 0.217. The lowest BCUT2D eigenvalue weighted by molar-refractivity contribution is -0.200. The van der Waals surface area contributed by atoms with Crippen LogP contribution in [-0.4, -0.2) is 18.9 Å². The summed E-state index contributed by atoms with van der Waals surface area (Å²) in [4.78, 5) is 0. The number of benzene rings is 6. The Kier molecular flexibility index (Phi) is 12.4. The van der Waals surface area contributed by atoms with Crippen molar-refractivity contribution in [3.05, 3.63) is 191 Å². The molecule has 0 aliphatic carbocycles. The van der Waals surface area contributed by atoms with Gasteiger partial charge in [-0.05, 0) is 57.5 Å². The smallest absolute Gasteiger partial charge is 0.212 e. The van der Waals surface area contributed by atoms with Crippen LogP contribution in [0, 0.1) is 11.6 Å². The summed E-state index contributed by atoms with van der Waals surface area (Å²) in [5.74, 6) is -0.846. The van der Waals surface area contributed by atoms with E-state index in [1.807, 2.05) is 134 Å². The Hall–Kier alpha value is -5.38. The van der Waals surface area contributed by atoms with Crippen LogP contribution in [0.5, 0.6) is 11.5 Å². The Morgan fingerprint density at radius 3 is 1.43 bits per heavy atom. The molecular weight excluding hydrogens is 686 g/mol. The van der Waals surface area contributed by atoms with Gasteiger partial charge in [0.25, 0.3) is 0 Å². The molecule has 1 aliphatic heterocycles. The Labute approximate surface area is 314 Å².